The van der Waals surface area contributed by atoms with E-state index in [1.165, 1.54) is 24.3 Å². The Morgan fingerprint density at radius 3 is 2.44 bits per heavy atom. The summed E-state index contributed by atoms with van der Waals surface area (Å²) in [6.45, 7) is -0.900. The first-order valence-electron chi connectivity index (χ1n) is 7.34. The normalized spacial score (nSPS) is 15.6. The molecule has 1 aliphatic rings. The zero-order valence-corrected chi connectivity index (χ0v) is 14.8. The highest BCUT2D eigenvalue weighted by atomic mass is 35.5. The van der Waals surface area contributed by atoms with E-state index in [-0.39, 0.29) is 21.2 Å². The third kappa shape index (κ3) is 3.50. The third-order valence-electron chi connectivity index (χ3n) is 3.77. The maximum absolute atomic E-state index is 12.8. The smallest absolute Gasteiger partial charge is 0.323 e. The van der Waals surface area contributed by atoms with E-state index in [1.807, 2.05) is 0 Å². The van der Waals surface area contributed by atoms with Gasteiger partial charge in [-0.05, 0) is 30.3 Å². The molecule has 0 radical (unpaired) electrons. The number of benzene rings is 2. The van der Waals surface area contributed by atoms with Gasteiger partial charge in [0.15, 0.2) is 0 Å². The van der Waals surface area contributed by atoms with Gasteiger partial charge in [0.2, 0.25) is 5.91 Å². The van der Waals surface area contributed by atoms with Crippen LogP contribution < -0.4 is 5.32 Å². The Hall–Kier alpha value is -2.59. The first kappa shape index (κ1) is 19.2. The zero-order chi connectivity index (χ0) is 20.0. The largest absolute Gasteiger partial charge is 0.416 e. The fourth-order valence-corrected chi connectivity index (χ4v) is 4.19. The molecule has 2 aromatic rings. The van der Waals surface area contributed by atoms with E-state index in [4.69, 9.17) is 11.6 Å². The number of halogens is 4. The second-order valence-corrected chi connectivity index (χ2v) is 7.79. The number of hydrogen-bond acceptors (Lipinski definition) is 4. The topological polar surface area (TPSA) is 83.6 Å². The molecule has 11 heteroatoms. The van der Waals surface area contributed by atoms with Crippen LogP contribution >= 0.6 is 11.6 Å². The van der Waals surface area contributed by atoms with Gasteiger partial charge in [0.1, 0.15) is 11.4 Å². The van der Waals surface area contributed by atoms with Gasteiger partial charge in [0.05, 0.1) is 21.8 Å². The first-order valence-corrected chi connectivity index (χ1v) is 9.16. The summed E-state index contributed by atoms with van der Waals surface area (Å²) in [5, 5.41) is 1.93. The number of nitrogens with one attached hydrogen (secondary N) is 1. The molecule has 2 amide bonds. The number of sulfonamides is 1. The molecular weight excluding hydrogens is 409 g/mol. The Kier molecular flexibility index (Phi) is 4.64. The highest BCUT2D eigenvalue weighted by Crippen LogP contribution is 2.34. The SMILES string of the molecule is O=C(CN1C(=O)c2ccccc2S1(=O)=O)Nc1cc(C(F)(F)F)ccc1Cl. The predicted molar refractivity (Wildman–Crippen MR) is 89.7 cm³/mol. The molecule has 6 nitrogen and oxygen atoms in total. The van der Waals surface area contributed by atoms with E-state index >= 15 is 0 Å². The minimum absolute atomic E-state index is 0.0811. The van der Waals surface area contributed by atoms with E-state index in [2.05, 4.69) is 5.32 Å². The van der Waals surface area contributed by atoms with Crippen LogP contribution in [-0.4, -0.2) is 31.1 Å². The van der Waals surface area contributed by atoms with Gasteiger partial charge < -0.3 is 5.32 Å². The van der Waals surface area contributed by atoms with Gasteiger partial charge >= 0.3 is 6.18 Å². The molecule has 142 valence electrons. The lowest BCUT2D eigenvalue weighted by Crippen LogP contribution is -2.37. The van der Waals surface area contributed by atoms with Crippen LogP contribution in [-0.2, 0) is 21.0 Å². The maximum Gasteiger partial charge on any atom is 0.416 e. The summed E-state index contributed by atoms with van der Waals surface area (Å²) in [6, 6.07) is 7.74. The summed E-state index contributed by atoms with van der Waals surface area (Å²) in [5.41, 5.74) is -1.47. The zero-order valence-electron chi connectivity index (χ0n) is 13.2. The molecular formula is C16H10ClF3N2O4S. The summed E-state index contributed by atoms with van der Waals surface area (Å²) >= 11 is 5.78. The molecule has 3 rings (SSSR count). The van der Waals surface area contributed by atoms with Crippen molar-refractivity contribution in [3.8, 4) is 0 Å². The van der Waals surface area contributed by atoms with Gasteiger partial charge in [-0.15, -0.1) is 0 Å². The van der Waals surface area contributed by atoms with Crippen molar-refractivity contribution in [2.45, 2.75) is 11.1 Å². The van der Waals surface area contributed by atoms with Crippen LogP contribution in [0.25, 0.3) is 0 Å². The van der Waals surface area contributed by atoms with E-state index in [9.17, 15) is 31.2 Å². The van der Waals surface area contributed by atoms with Crippen LogP contribution in [0.4, 0.5) is 18.9 Å². The molecule has 0 aliphatic carbocycles. The fraction of sp³-hybridized carbons (Fsp3) is 0.125. The molecule has 1 aliphatic heterocycles. The molecule has 0 fully saturated rings. The number of anilines is 1. The molecule has 27 heavy (non-hydrogen) atoms. The molecule has 0 unspecified atom stereocenters. The molecule has 0 atom stereocenters. The number of carbonyl (C=O) groups excluding carboxylic acids is 2. The average molecular weight is 419 g/mol. The quantitative estimate of drug-likeness (QED) is 0.830. The molecule has 1 heterocycles. The molecule has 0 saturated heterocycles. The van der Waals surface area contributed by atoms with Crippen molar-refractivity contribution < 1.29 is 31.2 Å². The lowest BCUT2D eigenvalue weighted by Gasteiger charge is -2.16. The van der Waals surface area contributed by atoms with Crippen molar-refractivity contribution in [2.75, 3.05) is 11.9 Å². The third-order valence-corrected chi connectivity index (χ3v) is 5.88. The summed E-state index contributed by atoms with van der Waals surface area (Å²) in [6.07, 6.45) is -4.65. The molecule has 0 saturated carbocycles. The summed E-state index contributed by atoms with van der Waals surface area (Å²) in [7, 11) is -4.21. The van der Waals surface area contributed by atoms with Crippen molar-refractivity contribution in [3.63, 3.8) is 0 Å². The fourth-order valence-electron chi connectivity index (χ4n) is 2.50. The van der Waals surface area contributed by atoms with Crippen molar-refractivity contribution in [1.29, 1.82) is 0 Å². The van der Waals surface area contributed by atoms with E-state index in [1.54, 1.807) is 0 Å². The Balaban J connectivity index is 1.83. The number of rotatable bonds is 3. The van der Waals surface area contributed by atoms with Gasteiger partial charge in [-0.2, -0.15) is 13.2 Å². The van der Waals surface area contributed by atoms with Crippen LogP contribution in [0.3, 0.4) is 0 Å². The average Bonchev–Trinajstić information content (AvgIpc) is 2.77. The number of alkyl halides is 3. The number of fused-ring (bicyclic) bond motifs is 1. The van der Waals surface area contributed by atoms with Crippen LogP contribution in [0.1, 0.15) is 15.9 Å². The van der Waals surface area contributed by atoms with Gasteiger partial charge in [0, 0.05) is 0 Å². The second-order valence-electron chi connectivity index (χ2n) is 5.55. The number of amides is 2. The van der Waals surface area contributed by atoms with E-state index < -0.39 is 40.1 Å². The monoisotopic (exact) mass is 418 g/mol. The van der Waals surface area contributed by atoms with Crippen molar-refractivity contribution in [2.24, 2.45) is 0 Å². The Bertz CT molecular complexity index is 1050. The minimum atomic E-state index is -4.65. The molecule has 2 aromatic carbocycles. The van der Waals surface area contributed by atoms with Crippen LogP contribution in [0.5, 0.6) is 0 Å². The predicted octanol–water partition coefficient (Wildman–Crippen LogP) is 3.14. The Morgan fingerprint density at radius 1 is 1.15 bits per heavy atom. The summed E-state index contributed by atoms with van der Waals surface area (Å²) in [4.78, 5) is 24.2. The van der Waals surface area contributed by atoms with Crippen LogP contribution in [0.2, 0.25) is 5.02 Å². The number of hydrogen-bond donors (Lipinski definition) is 1. The van der Waals surface area contributed by atoms with Gasteiger partial charge in [-0.25, -0.2) is 12.7 Å². The van der Waals surface area contributed by atoms with Crippen molar-refractivity contribution >= 4 is 39.1 Å². The molecule has 1 N–H and O–H groups in total. The highest BCUT2D eigenvalue weighted by Gasteiger charge is 2.41. The Labute approximate surface area is 156 Å². The van der Waals surface area contributed by atoms with Crippen LogP contribution in [0.15, 0.2) is 47.4 Å². The highest BCUT2D eigenvalue weighted by molar-refractivity contribution is 7.90. The maximum atomic E-state index is 12.8. The van der Waals surface area contributed by atoms with Crippen molar-refractivity contribution in [3.05, 3.63) is 58.6 Å². The molecule has 0 bridgehead atoms. The lowest BCUT2D eigenvalue weighted by molar-refractivity contribution is -0.137. The molecule has 0 spiro atoms. The molecule has 0 aromatic heterocycles. The summed E-state index contributed by atoms with van der Waals surface area (Å²) in [5.74, 6) is -1.91. The van der Waals surface area contributed by atoms with Crippen molar-refractivity contribution in [1.82, 2.24) is 4.31 Å². The van der Waals surface area contributed by atoms with E-state index in [0.29, 0.717) is 10.4 Å². The van der Waals surface area contributed by atoms with Gasteiger partial charge in [-0.3, -0.25) is 9.59 Å². The van der Waals surface area contributed by atoms with Gasteiger partial charge in [0.25, 0.3) is 15.9 Å². The Morgan fingerprint density at radius 2 is 1.81 bits per heavy atom. The lowest BCUT2D eigenvalue weighted by atomic mass is 10.2. The number of carbonyl (C=O) groups is 2. The number of nitrogens with zero attached hydrogens (tertiary/aromatic N) is 1. The first-order chi connectivity index (χ1) is 12.5. The minimum Gasteiger partial charge on any atom is -0.323 e. The summed E-state index contributed by atoms with van der Waals surface area (Å²) < 4.78 is 63.5. The van der Waals surface area contributed by atoms with Gasteiger partial charge in [-0.1, -0.05) is 23.7 Å². The standard InChI is InChI=1S/C16H10ClF3N2O4S/c17-11-6-5-9(16(18,19)20)7-12(11)21-14(23)8-22-15(24)10-3-1-2-4-13(10)27(22,25)26/h1-7H,8H2,(H,21,23). The van der Waals surface area contributed by atoms with E-state index in [0.717, 1.165) is 12.1 Å². The van der Waals surface area contributed by atoms with Crippen LogP contribution in [0, 0.1) is 0 Å². The second kappa shape index (κ2) is 6.54.